The maximum Gasteiger partial charge on any atom is 0.265 e. The topological polar surface area (TPSA) is 57.6 Å². The Morgan fingerprint density at radius 2 is 1.57 bits per heavy atom. The van der Waals surface area contributed by atoms with Crippen molar-refractivity contribution in [3.63, 3.8) is 0 Å². The summed E-state index contributed by atoms with van der Waals surface area (Å²) in [4.78, 5) is 26.7. The predicted octanol–water partition coefficient (Wildman–Crippen LogP) is 4.00. The van der Waals surface area contributed by atoms with Crippen LogP contribution in [0, 0.1) is 0 Å². The molecule has 3 aromatic rings. The van der Waals surface area contributed by atoms with Gasteiger partial charge >= 0.3 is 0 Å². The van der Waals surface area contributed by atoms with Crippen LogP contribution in [0.1, 0.15) is 20.7 Å². The first-order chi connectivity index (χ1) is 11.1. The van der Waals surface area contributed by atoms with Gasteiger partial charge in [-0.25, -0.2) is 4.90 Å². The van der Waals surface area contributed by atoms with Crippen molar-refractivity contribution in [3.8, 4) is 5.75 Å². The van der Waals surface area contributed by atoms with Crippen molar-refractivity contribution in [2.45, 2.75) is 0 Å². The predicted molar refractivity (Wildman–Crippen MR) is 88.2 cm³/mol. The highest BCUT2D eigenvalue weighted by Gasteiger charge is 2.34. The quantitative estimate of drug-likeness (QED) is 0.689. The molecule has 0 bridgehead atoms. The molecular weight excluding hydrogens is 314 g/mol. The summed E-state index contributed by atoms with van der Waals surface area (Å²) < 4.78 is 0. The van der Waals surface area contributed by atoms with Gasteiger partial charge in [0.25, 0.3) is 11.8 Å². The lowest BCUT2D eigenvalue weighted by Gasteiger charge is -2.27. The molecule has 1 aliphatic rings. The molecule has 0 aromatic heterocycles. The van der Waals surface area contributed by atoms with Gasteiger partial charge in [-0.1, -0.05) is 29.8 Å². The van der Waals surface area contributed by atoms with E-state index in [0.717, 1.165) is 4.90 Å². The van der Waals surface area contributed by atoms with Gasteiger partial charge in [0.1, 0.15) is 5.75 Å². The number of halogens is 1. The lowest BCUT2D eigenvalue weighted by Crippen LogP contribution is -2.40. The van der Waals surface area contributed by atoms with Crippen molar-refractivity contribution in [3.05, 3.63) is 70.7 Å². The minimum absolute atomic E-state index is 0.0109. The van der Waals surface area contributed by atoms with Crippen molar-refractivity contribution >= 4 is 39.9 Å². The summed E-state index contributed by atoms with van der Waals surface area (Å²) in [7, 11) is 0. The number of carbonyl (C=O) groups is 2. The first-order valence-corrected chi connectivity index (χ1v) is 7.35. The largest absolute Gasteiger partial charge is 0.508 e. The standard InChI is InChI=1S/C18H10ClNO3/c19-15-8-7-14-16-12(15)5-2-6-13(16)17(22)20(18(14)23)10-3-1-4-11(21)9-10/h1-9,21H. The normalized spacial score (nSPS) is 13.7. The number of phenolic OH excluding ortho intramolecular Hbond substituents is 1. The van der Waals surface area contributed by atoms with Gasteiger partial charge in [0, 0.05) is 33.0 Å². The average molecular weight is 324 g/mol. The number of rotatable bonds is 1. The summed E-state index contributed by atoms with van der Waals surface area (Å²) in [5.74, 6) is -0.870. The second kappa shape index (κ2) is 4.83. The van der Waals surface area contributed by atoms with Crippen LogP contribution in [0.3, 0.4) is 0 Å². The van der Waals surface area contributed by atoms with E-state index in [2.05, 4.69) is 0 Å². The van der Waals surface area contributed by atoms with E-state index in [1.165, 1.54) is 12.1 Å². The molecule has 1 heterocycles. The molecule has 0 fully saturated rings. The molecule has 1 N–H and O–H groups in total. The second-order valence-electron chi connectivity index (χ2n) is 5.29. The van der Waals surface area contributed by atoms with E-state index >= 15 is 0 Å². The van der Waals surface area contributed by atoms with E-state index in [1.807, 2.05) is 0 Å². The van der Waals surface area contributed by atoms with E-state index in [0.29, 0.717) is 32.6 Å². The van der Waals surface area contributed by atoms with Gasteiger partial charge < -0.3 is 5.11 Å². The van der Waals surface area contributed by atoms with Crippen LogP contribution in [0.5, 0.6) is 5.75 Å². The second-order valence-corrected chi connectivity index (χ2v) is 5.70. The Labute approximate surface area is 136 Å². The molecule has 112 valence electrons. The number of anilines is 1. The van der Waals surface area contributed by atoms with Crippen molar-refractivity contribution in [1.82, 2.24) is 0 Å². The molecule has 23 heavy (non-hydrogen) atoms. The van der Waals surface area contributed by atoms with Crippen molar-refractivity contribution in [1.29, 1.82) is 0 Å². The molecule has 0 spiro atoms. The zero-order valence-corrected chi connectivity index (χ0v) is 12.5. The molecule has 4 nitrogen and oxygen atoms in total. The monoisotopic (exact) mass is 323 g/mol. The van der Waals surface area contributed by atoms with E-state index in [9.17, 15) is 14.7 Å². The number of carbonyl (C=O) groups excluding carboxylic acids is 2. The van der Waals surface area contributed by atoms with Crippen LogP contribution in [0.15, 0.2) is 54.6 Å². The van der Waals surface area contributed by atoms with E-state index in [1.54, 1.807) is 42.5 Å². The molecule has 0 saturated carbocycles. The van der Waals surface area contributed by atoms with Crippen LogP contribution in [-0.4, -0.2) is 16.9 Å². The maximum atomic E-state index is 12.8. The zero-order chi connectivity index (χ0) is 16.1. The summed E-state index contributed by atoms with van der Waals surface area (Å²) in [5.41, 5.74) is 1.17. The van der Waals surface area contributed by atoms with Gasteiger partial charge in [-0.3, -0.25) is 9.59 Å². The molecule has 5 heteroatoms. The number of hydrogen-bond donors (Lipinski definition) is 1. The Kier molecular flexibility index (Phi) is 2.89. The van der Waals surface area contributed by atoms with Gasteiger partial charge in [-0.15, -0.1) is 0 Å². The molecule has 0 atom stereocenters. The zero-order valence-electron chi connectivity index (χ0n) is 11.8. The highest BCUT2D eigenvalue weighted by atomic mass is 35.5. The number of hydrogen-bond acceptors (Lipinski definition) is 3. The molecule has 3 aromatic carbocycles. The number of phenols is 1. The van der Waals surface area contributed by atoms with Gasteiger partial charge in [-0.2, -0.15) is 0 Å². The van der Waals surface area contributed by atoms with E-state index < -0.39 is 11.8 Å². The number of nitrogens with zero attached hydrogens (tertiary/aromatic N) is 1. The fourth-order valence-corrected chi connectivity index (χ4v) is 3.15. The van der Waals surface area contributed by atoms with Crippen molar-refractivity contribution < 1.29 is 14.7 Å². The maximum absolute atomic E-state index is 12.8. The van der Waals surface area contributed by atoms with Crippen LogP contribution in [0.2, 0.25) is 5.02 Å². The Bertz CT molecular complexity index is 974. The molecule has 0 aliphatic carbocycles. The summed E-state index contributed by atoms with van der Waals surface area (Å²) >= 11 is 6.18. The number of benzene rings is 3. The van der Waals surface area contributed by atoms with Gasteiger partial charge in [0.2, 0.25) is 0 Å². The minimum Gasteiger partial charge on any atom is -0.508 e. The van der Waals surface area contributed by atoms with Crippen LogP contribution in [0.4, 0.5) is 5.69 Å². The average Bonchev–Trinajstić information content (AvgIpc) is 2.54. The lowest BCUT2D eigenvalue weighted by molar-refractivity contribution is 0.0893. The Hall–Kier alpha value is -2.85. The minimum atomic E-state index is -0.430. The third-order valence-corrected chi connectivity index (χ3v) is 4.27. The highest BCUT2D eigenvalue weighted by molar-refractivity contribution is 6.40. The summed E-state index contributed by atoms with van der Waals surface area (Å²) in [6, 6.07) is 14.5. The first kappa shape index (κ1) is 13.8. The Morgan fingerprint density at radius 1 is 0.870 bits per heavy atom. The summed E-state index contributed by atoms with van der Waals surface area (Å²) in [6.07, 6.45) is 0. The molecular formula is C18H10ClNO3. The molecule has 0 unspecified atom stereocenters. The fourth-order valence-electron chi connectivity index (χ4n) is 2.93. The third-order valence-electron chi connectivity index (χ3n) is 3.94. The molecule has 2 amide bonds. The number of amides is 2. The van der Waals surface area contributed by atoms with E-state index in [4.69, 9.17) is 11.6 Å². The Morgan fingerprint density at radius 3 is 2.30 bits per heavy atom. The number of imide groups is 1. The summed E-state index contributed by atoms with van der Waals surface area (Å²) in [6.45, 7) is 0. The molecule has 1 aliphatic heterocycles. The SMILES string of the molecule is O=C1c2cccc3c(Cl)ccc(c23)C(=O)N1c1cccc(O)c1. The summed E-state index contributed by atoms with van der Waals surface area (Å²) in [5, 5.41) is 11.4. The van der Waals surface area contributed by atoms with Crippen LogP contribution in [-0.2, 0) is 0 Å². The number of aromatic hydroxyl groups is 1. The molecule has 4 rings (SSSR count). The Balaban J connectivity index is 2.01. The third kappa shape index (κ3) is 1.92. The fraction of sp³-hybridized carbons (Fsp3) is 0. The van der Waals surface area contributed by atoms with Crippen LogP contribution in [0.25, 0.3) is 10.8 Å². The van der Waals surface area contributed by atoms with Crippen molar-refractivity contribution in [2.24, 2.45) is 0 Å². The van der Waals surface area contributed by atoms with Gasteiger partial charge in [-0.05, 0) is 30.3 Å². The van der Waals surface area contributed by atoms with Crippen LogP contribution < -0.4 is 4.90 Å². The van der Waals surface area contributed by atoms with Gasteiger partial charge in [0.15, 0.2) is 0 Å². The van der Waals surface area contributed by atoms with Gasteiger partial charge in [0.05, 0.1) is 5.69 Å². The molecule has 0 radical (unpaired) electrons. The van der Waals surface area contributed by atoms with Crippen LogP contribution >= 0.6 is 11.6 Å². The molecule has 0 saturated heterocycles. The lowest BCUT2D eigenvalue weighted by atomic mass is 9.93. The highest BCUT2D eigenvalue weighted by Crippen LogP contribution is 2.36. The first-order valence-electron chi connectivity index (χ1n) is 6.97. The van der Waals surface area contributed by atoms with Crippen molar-refractivity contribution in [2.75, 3.05) is 4.90 Å². The smallest absolute Gasteiger partial charge is 0.265 e. The van der Waals surface area contributed by atoms with E-state index in [-0.39, 0.29) is 5.75 Å².